The molecule has 0 aromatic rings. The van der Waals surface area contributed by atoms with E-state index in [1.165, 1.54) is 0 Å². The van der Waals surface area contributed by atoms with Gasteiger partial charge in [0.15, 0.2) is 0 Å². The monoisotopic (exact) mass is 216 g/mol. The van der Waals surface area contributed by atoms with Gasteiger partial charge in [0.25, 0.3) is 0 Å². The summed E-state index contributed by atoms with van der Waals surface area (Å²) in [6.07, 6.45) is 1.78. The highest BCUT2D eigenvalue weighted by atomic mass is 31.0. The van der Waals surface area contributed by atoms with Crippen LogP contribution < -0.4 is 0 Å². The number of amides is 1. The minimum Gasteiger partial charge on any atom is -0.378 e. The Hall–Kier alpha value is -0.440. The molecule has 14 heavy (non-hydrogen) atoms. The lowest BCUT2D eigenvalue weighted by Crippen LogP contribution is -2.44. The number of ether oxygens (including phenoxy) is 1. The maximum atomic E-state index is 11.7. The van der Waals surface area contributed by atoms with E-state index in [4.69, 9.17) is 4.74 Å². The molecule has 4 nitrogen and oxygen atoms in total. The van der Waals surface area contributed by atoms with Crippen molar-refractivity contribution in [2.75, 3.05) is 39.4 Å². The Kier molecular flexibility index (Phi) is 5.09. The van der Waals surface area contributed by atoms with E-state index in [1.807, 2.05) is 9.57 Å². The van der Waals surface area contributed by atoms with Crippen LogP contribution in [0, 0.1) is 0 Å². The first-order valence-electron chi connectivity index (χ1n) is 4.70. The fraction of sp³-hybridized carbons (Fsp3) is 0.667. The van der Waals surface area contributed by atoms with Gasteiger partial charge in [-0.05, 0) is 0 Å². The standard InChI is InChI=1S/C9H17N2O2P/c1-2-3-11(14)8-9(12)10-4-6-13-7-5-10/h2H,1,3-8,14H2. The Morgan fingerprint density at radius 3 is 2.79 bits per heavy atom. The zero-order chi connectivity index (χ0) is 10.4. The third kappa shape index (κ3) is 3.74. The fourth-order valence-electron chi connectivity index (χ4n) is 1.32. The molecule has 0 radical (unpaired) electrons. The summed E-state index contributed by atoms with van der Waals surface area (Å²) in [5.74, 6) is 0.158. The van der Waals surface area contributed by atoms with Crippen LogP contribution in [0.4, 0.5) is 0 Å². The lowest BCUT2D eigenvalue weighted by Gasteiger charge is -2.28. The fourth-order valence-corrected chi connectivity index (χ4v) is 1.62. The minimum atomic E-state index is 0.158. The molecule has 1 fully saturated rings. The van der Waals surface area contributed by atoms with Crippen LogP contribution in [0.1, 0.15) is 0 Å². The third-order valence-corrected chi connectivity index (χ3v) is 2.46. The molecular formula is C9H17N2O2P. The van der Waals surface area contributed by atoms with Gasteiger partial charge in [0.2, 0.25) is 5.91 Å². The second-order valence-corrected chi connectivity index (χ2v) is 3.94. The first-order chi connectivity index (χ1) is 6.74. The van der Waals surface area contributed by atoms with E-state index in [-0.39, 0.29) is 5.91 Å². The number of hydrogen-bond acceptors (Lipinski definition) is 3. The molecule has 0 spiro atoms. The van der Waals surface area contributed by atoms with E-state index in [0.29, 0.717) is 39.4 Å². The minimum absolute atomic E-state index is 0.158. The molecule has 0 aromatic heterocycles. The van der Waals surface area contributed by atoms with Gasteiger partial charge in [0, 0.05) is 19.6 Å². The third-order valence-electron chi connectivity index (χ3n) is 2.07. The Balaban J connectivity index is 2.28. The van der Waals surface area contributed by atoms with Gasteiger partial charge >= 0.3 is 0 Å². The van der Waals surface area contributed by atoms with Gasteiger partial charge in [-0.3, -0.25) is 9.46 Å². The zero-order valence-corrected chi connectivity index (χ0v) is 9.47. The molecule has 0 bridgehead atoms. The summed E-state index contributed by atoms with van der Waals surface area (Å²) >= 11 is 0. The van der Waals surface area contributed by atoms with Crippen molar-refractivity contribution in [3.63, 3.8) is 0 Å². The molecule has 1 saturated heterocycles. The van der Waals surface area contributed by atoms with E-state index in [1.54, 1.807) is 6.08 Å². The smallest absolute Gasteiger partial charge is 0.237 e. The first-order valence-corrected chi connectivity index (χ1v) is 5.21. The summed E-state index contributed by atoms with van der Waals surface area (Å²) in [6.45, 7) is 7.50. The van der Waals surface area contributed by atoms with Crippen molar-refractivity contribution in [2.45, 2.75) is 0 Å². The maximum Gasteiger partial charge on any atom is 0.237 e. The van der Waals surface area contributed by atoms with Gasteiger partial charge in [-0.2, -0.15) is 0 Å². The molecule has 1 amide bonds. The molecule has 0 aliphatic carbocycles. The zero-order valence-electron chi connectivity index (χ0n) is 8.32. The topological polar surface area (TPSA) is 32.8 Å². The molecule has 5 heteroatoms. The normalized spacial score (nSPS) is 17.1. The van der Waals surface area contributed by atoms with Gasteiger partial charge in [0.1, 0.15) is 0 Å². The van der Waals surface area contributed by atoms with E-state index < -0.39 is 0 Å². The molecular weight excluding hydrogens is 199 g/mol. The van der Waals surface area contributed by atoms with E-state index >= 15 is 0 Å². The molecule has 0 aromatic carbocycles. The number of carbonyl (C=O) groups excluding carboxylic acids is 1. The molecule has 1 rings (SSSR count). The van der Waals surface area contributed by atoms with E-state index in [2.05, 4.69) is 16.0 Å². The number of hydrogen-bond donors (Lipinski definition) is 0. The van der Waals surface area contributed by atoms with Crippen LogP contribution in [0.15, 0.2) is 12.7 Å². The number of nitrogens with zero attached hydrogens (tertiary/aromatic N) is 2. The summed E-state index contributed by atoms with van der Waals surface area (Å²) in [6, 6.07) is 0. The lowest BCUT2D eigenvalue weighted by atomic mass is 10.4. The van der Waals surface area contributed by atoms with Gasteiger partial charge < -0.3 is 9.64 Å². The summed E-state index contributed by atoms with van der Waals surface area (Å²) < 4.78 is 7.04. The molecule has 1 aliphatic heterocycles. The number of morpholine rings is 1. The van der Waals surface area contributed by atoms with Crippen molar-refractivity contribution >= 4 is 15.3 Å². The van der Waals surface area contributed by atoms with Gasteiger partial charge in [-0.25, -0.2) is 0 Å². The summed E-state index contributed by atoms with van der Waals surface area (Å²) in [5.41, 5.74) is 0. The molecule has 80 valence electrons. The van der Waals surface area contributed by atoms with E-state index in [0.717, 1.165) is 0 Å². The average molecular weight is 216 g/mol. The van der Waals surface area contributed by atoms with Crippen molar-refractivity contribution in [1.29, 1.82) is 0 Å². The maximum absolute atomic E-state index is 11.7. The predicted molar refractivity (Wildman–Crippen MR) is 58.9 cm³/mol. The SMILES string of the molecule is C=CCN(P)CC(=O)N1CCOCC1. The highest BCUT2D eigenvalue weighted by molar-refractivity contribution is 7.13. The van der Waals surface area contributed by atoms with Gasteiger partial charge in [-0.15, -0.1) is 6.58 Å². The van der Waals surface area contributed by atoms with Crippen LogP contribution in [0.3, 0.4) is 0 Å². The van der Waals surface area contributed by atoms with Crippen LogP contribution in [0.5, 0.6) is 0 Å². The van der Waals surface area contributed by atoms with Crippen molar-refractivity contribution in [3.8, 4) is 0 Å². The van der Waals surface area contributed by atoms with Crippen molar-refractivity contribution in [3.05, 3.63) is 12.7 Å². The quantitative estimate of drug-likeness (QED) is 0.494. The van der Waals surface area contributed by atoms with Gasteiger partial charge in [0.05, 0.1) is 19.8 Å². The second kappa shape index (κ2) is 6.12. The Labute approximate surface area is 87.1 Å². The number of rotatable bonds is 4. The van der Waals surface area contributed by atoms with Crippen LogP contribution >= 0.6 is 9.39 Å². The highest BCUT2D eigenvalue weighted by Gasteiger charge is 2.17. The molecule has 1 unspecified atom stereocenters. The second-order valence-electron chi connectivity index (χ2n) is 3.21. The van der Waals surface area contributed by atoms with Crippen LogP contribution in [-0.4, -0.2) is 54.9 Å². The Morgan fingerprint density at radius 1 is 1.57 bits per heavy atom. The summed E-state index contributed by atoms with van der Waals surface area (Å²) in [4.78, 5) is 13.5. The van der Waals surface area contributed by atoms with Gasteiger partial charge in [-0.1, -0.05) is 15.5 Å². The molecule has 1 atom stereocenters. The lowest BCUT2D eigenvalue weighted by molar-refractivity contribution is -0.135. The Morgan fingerprint density at radius 2 is 2.21 bits per heavy atom. The number of carbonyl (C=O) groups is 1. The summed E-state index contributed by atoms with van der Waals surface area (Å²) in [7, 11) is 2.53. The first kappa shape index (κ1) is 11.6. The van der Waals surface area contributed by atoms with Crippen LogP contribution in [0.25, 0.3) is 0 Å². The van der Waals surface area contributed by atoms with Crippen molar-refractivity contribution in [1.82, 2.24) is 9.57 Å². The van der Waals surface area contributed by atoms with Crippen LogP contribution in [-0.2, 0) is 9.53 Å². The van der Waals surface area contributed by atoms with Crippen molar-refractivity contribution in [2.24, 2.45) is 0 Å². The Bertz CT molecular complexity index is 205. The van der Waals surface area contributed by atoms with E-state index in [9.17, 15) is 4.79 Å². The van der Waals surface area contributed by atoms with Crippen LogP contribution in [0.2, 0.25) is 0 Å². The molecule has 0 saturated carbocycles. The molecule has 1 aliphatic rings. The highest BCUT2D eigenvalue weighted by Crippen LogP contribution is 2.02. The molecule has 0 N–H and O–H groups in total. The average Bonchev–Trinajstić information content (AvgIpc) is 2.19. The molecule has 1 heterocycles. The predicted octanol–water partition coefficient (Wildman–Crippen LogP) is 0.123. The largest absolute Gasteiger partial charge is 0.378 e. The van der Waals surface area contributed by atoms with Crippen molar-refractivity contribution < 1.29 is 9.53 Å². The summed E-state index contributed by atoms with van der Waals surface area (Å²) in [5, 5.41) is 0.